The molecule has 0 N–H and O–H groups in total. The molecule has 0 spiro atoms. The van der Waals surface area contributed by atoms with Crippen molar-refractivity contribution in [3.05, 3.63) is 58.6 Å². The highest BCUT2D eigenvalue weighted by Crippen LogP contribution is 2.29. The number of benzene rings is 2. The Balaban J connectivity index is 1.43. The molecule has 0 amide bonds. The number of hydrogen-bond donors (Lipinski definition) is 0. The molecule has 2 aromatic rings. The summed E-state index contributed by atoms with van der Waals surface area (Å²) in [6, 6.07) is 15.2. The fourth-order valence-corrected chi connectivity index (χ4v) is 3.30. The molecule has 0 unspecified atom stereocenters. The molecule has 0 bridgehead atoms. The lowest BCUT2D eigenvalue weighted by Gasteiger charge is -2.39. The van der Waals surface area contributed by atoms with Crippen LogP contribution in [0.5, 0.6) is 11.5 Å². The third kappa shape index (κ3) is 5.27. The van der Waals surface area contributed by atoms with Crippen LogP contribution in [0.4, 0.5) is 0 Å². The highest BCUT2D eigenvalue weighted by atomic mass is 35.5. The molecule has 0 aromatic heterocycles. The first-order valence-corrected chi connectivity index (χ1v) is 9.34. The topological polar surface area (TPSA) is 21.7 Å². The average Bonchev–Trinajstić information content (AvgIpc) is 2.60. The van der Waals surface area contributed by atoms with Gasteiger partial charge in [-0.1, -0.05) is 35.3 Å². The lowest BCUT2D eigenvalue weighted by atomic mass is 9.93. The molecule has 2 aromatic carbocycles. The third-order valence-corrected chi connectivity index (χ3v) is 5.16. The maximum Gasteiger partial charge on any atom is 0.137 e. The monoisotopic (exact) mass is 379 g/mol. The zero-order valence-electron chi connectivity index (χ0n) is 14.4. The molecule has 0 aliphatic carbocycles. The van der Waals surface area contributed by atoms with Gasteiger partial charge in [-0.3, -0.25) is 4.90 Å². The van der Waals surface area contributed by atoms with Gasteiger partial charge in [-0.05, 0) is 56.2 Å². The van der Waals surface area contributed by atoms with Gasteiger partial charge in [-0.25, -0.2) is 0 Å². The summed E-state index contributed by atoms with van der Waals surface area (Å²) >= 11 is 12.0. The molecular weight excluding hydrogens is 357 g/mol. The van der Waals surface area contributed by atoms with Crippen molar-refractivity contribution in [1.82, 2.24) is 4.90 Å². The normalized spacial score (nSPS) is 17.2. The molecule has 3 rings (SSSR count). The molecular formula is C20H23Cl2NO2. The first-order valence-electron chi connectivity index (χ1n) is 8.58. The minimum absolute atomic E-state index is 0.131. The second-order valence-electron chi connectivity index (χ2n) is 6.63. The van der Waals surface area contributed by atoms with E-state index in [2.05, 4.69) is 11.8 Å². The van der Waals surface area contributed by atoms with Gasteiger partial charge in [0.2, 0.25) is 0 Å². The summed E-state index contributed by atoms with van der Waals surface area (Å²) < 4.78 is 12.0. The Morgan fingerprint density at radius 3 is 2.36 bits per heavy atom. The van der Waals surface area contributed by atoms with E-state index in [0.29, 0.717) is 11.6 Å². The highest BCUT2D eigenvalue weighted by molar-refractivity contribution is 6.32. The van der Waals surface area contributed by atoms with Gasteiger partial charge in [-0.15, -0.1) is 0 Å². The third-order valence-electron chi connectivity index (χ3n) is 4.59. The Bertz CT molecular complexity index is 682. The van der Waals surface area contributed by atoms with E-state index in [-0.39, 0.29) is 5.60 Å². The average molecular weight is 380 g/mol. The number of piperidine rings is 1. The lowest BCUT2D eigenvalue weighted by Crippen LogP contribution is -2.47. The molecule has 134 valence electrons. The fraction of sp³-hybridized carbons (Fsp3) is 0.400. The molecule has 1 aliphatic heterocycles. The maximum absolute atomic E-state index is 6.20. The minimum atomic E-state index is -0.131. The van der Waals surface area contributed by atoms with Gasteiger partial charge >= 0.3 is 0 Å². The van der Waals surface area contributed by atoms with Crippen LogP contribution < -0.4 is 9.47 Å². The number of ether oxygens (including phenoxy) is 2. The van der Waals surface area contributed by atoms with E-state index < -0.39 is 0 Å². The van der Waals surface area contributed by atoms with Crippen molar-refractivity contribution in [2.24, 2.45) is 0 Å². The molecule has 0 saturated carbocycles. The second kappa shape index (κ2) is 8.31. The summed E-state index contributed by atoms with van der Waals surface area (Å²) in [5.74, 6) is 1.62. The number of rotatable bonds is 6. The summed E-state index contributed by atoms with van der Waals surface area (Å²) in [6.45, 7) is 5.70. The van der Waals surface area contributed by atoms with Crippen LogP contribution in [0.15, 0.2) is 48.5 Å². The first kappa shape index (κ1) is 18.4. The summed E-state index contributed by atoms with van der Waals surface area (Å²) in [7, 11) is 0. The fourth-order valence-electron chi connectivity index (χ4n) is 2.99. The van der Waals surface area contributed by atoms with Gasteiger partial charge in [0.15, 0.2) is 0 Å². The van der Waals surface area contributed by atoms with Crippen molar-refractivity contribution < 1.29 is 9.47 Å². The molecule has 5 heteroatoms. The predicted molar refractivity (Wildman–Crippen MR) is 103 cm³/mol. The number of para-hydroxylation sites is 1. The van der Waals surface area contributed by atoms with Crippen LogP contribution in [-0.4, -0.2) is 36.7 Å². The van der Waals surface area contributed by atoms with Crippen LogP contribution in [-0.2, 0) is 0 Å². The number of nitrogens with zero attached hydrogens (tertiary/aromatic N) is 1. The SMILES string of the molecule is CC1(Oc2ccc(Cl)cc2)CCN(CCOc2ccccc2Cl)CC1. The zero-order valence-corrected chi connectivity index (χ0v) is 15.9. The van der Waals surface area contributed by atoms with E-state index in [1.807, 2.05) is 48.5 Å². The molecule has 25 heavy (non-hydrogen) atoms. The molecule has 1 saturated heterocycles. The summed E-state index contributed by atoms with van der Waals surface area (Å²) in [4.78, 5) is 2.41. The van der Waals surface area contributed by atoms with Gasteiger partial charge in [-0.2, -0.15) is 0 Å². The molecule has 1 aliphatic rings. The summed E-state index contributed by atoms with van der Waals surface area (Å²) in [6.07, 6.45) is 1.98. The Labute approximate surface area is 159 Å². The van der Waals surface area contributed by atoms with E-state index in [9.17, 15) is 0 Å². The van der Waals surface area contributed by atoms with Crippen LogP contribution in [0, 0.1) is 0 Å². The first-order chi connectivity index (χ1) is 12.0. The van der Waals surface area contributed by atoms with Crippen molar-refractivity contribution in [2.45, 2.75) is 25.4 Å². The van der Waals surface area contributed by atoms with Crippen molar-refractivity contribution >= 4 is 23.2 Å². The van der Waals surface area contributed by atoms with Gasteiger partial charge in [0.05, 0.1) is 5.02 Å². The van der Waals surface area contributed by atoms with E-state index in [1.165, 1.54) is 0 Å². The van der Waals surface area contributed by atoms with Crippen LogP contribution in [0.3, 0.4) is 0 Å². The highest BCUT2D eigenvalue weighted by Gasteiger charge is 2.31. The van der Waals surface area contributed by atoms with Crippen molar-refractivity contribution in [3.8, 4) is 11.5 Å². The molecule has 0 atom stereocenters. The quantitative estimate of drug-likeness (QED) is 0.678. The Morgan fingerprint density at radius 2 is 1.68 bits per heavy atom. The Kier molecular flexibility index (Phi) is 6.10. The largest absolute Gasteiger partial charge is 0.491 e. The van der Waals surface area contributed by atoms with Crippen LogP contribution >= 0.6 is 23.2 Å². The van der Waals surface area contributed by atoms with Crippen molar-refractivity contribution in [1.29, 1.82) is 0 Å². The minimum Gasteiger partial charge on any atom is -0.491 e. The van der Waals surface area contributed by atoms with Gasteiger partial charge in [0.1, 0.15) is 23.7 Å². The second-order valence-corrected chi connectivity index (χ2v) is 7.47. The zero-order chi connectivity index (χ0) is 17.7. The molecule has 1 fully saturated rings. The van der Waals surface area contributed by atoms with E-state index in [4.69, 9.17) is 32.7 Å². The lowest BCUT2D eigenvalue weighted by molar-refractivity contribution is 0.0136. The molecule has 0 radical (unpaired) electrons. The summed E-state index contributed by atoms with van der Waals surface area (Å²) in [5.41, 5.74) is -0.131. The molecule has 1 heterocycles. The van der Waals surface area contributed by atoms with Crippen LogP contribution in [0.1, 0.15) is 19.8 Å². The van der Waals surface area contributed by atoms with E-state index >= 15 is 0 Å². The van der Waals surface area contributed by atoms with Gasteiger partial charge in [0, 0.05) is 24.7 Å². The van der Waals surface area contributed by atoms with Gasteiger partial charge in [0.25, 0.3) is 0 Å². The smallest absolute Gasteiger partial charge is 0.137 e. The Hall–Kier alpha value is -1.42. The van der Waals surface area contributed by atoms with E-state index in [0.717, 1.165) is 49.0 Å². The number of hydrogen-bond acceptors (Lipinski definition) is 3. The molecule has 3 nitrogen and oxygen atoms in total. The summed E-state index contributed by atoms with van der Waals surface area (Å²) in [5, 5.41) is 1.39. The predicted octanol–water partition coefficient (Wildman–Crippen LogP) is 5.31. The number of likely N-dealkylation sites (tertiary alicyclic amines) is 1. The van der Waals surface area contributed by atoms with Crippen molar-refractivity contribution in [3.63, 3.8) is 0 Å². The van der Waals surface area contributed by atoms with Crippen LogP contribution in [0.25, 0.3) is 0 Å². The Morgan fingerprint density at radius 1 is 1.00 bits per heavy atom. The number of halogens is 2. The van der Waals surface area contributed by atoms with Crippen molar-refractivity contribution in [2.75, 3.05) is 26.2 Å². The maximum atomic E-state index is 6.20. The van der Waals surface area contributed by atoms with Gasteiger partial charge < -0.3 is 9.47 Å². The van der Waals surface area contributed by atoms with Crippen LogP contribution in [0.2, 0.25) is 10.0 Å². The van der Waals surface area contributed by atoms with E-state index in [1.54, 1.807) is 0 Å². The standard InChI is InChI=1S/C20H23Cl2NO2/c1-20(25-17-8-6-16(21)7-9-17)10-12-23(13-11-20)14-15-24-19-5-3-2-4-18(19)22/h2-9H,10-15H2,1H3.